The van der Waals surface area contributed by atoms with Gasteiger partial charge in [0, 0.05) is 12.0 Å². The lowest BCUT2D eigenvalue weighted by atomic mass is 9.99. The predicted octanol–water partition coefficient (Wildman–Crippen LogP) is 5.70. The van der Waals surface area contributed by atoms with E-state index in [-0.39, 0.29) is 46.3 Å². The minimum atomic E-state index is -0.707. The minimum absolute atomic E-state index is 0.112. The van der Waals surface area contributed by atoms with Gasteiger partial charge >= 0.3 is 0 Å². The molecule has 3 rings (SSSR count). The highest BCUT2D eigenvalue weighted by Gasteiger charge is 2.26. The van der Waals surface area contributed by atoms with Crippen LogP contribution in [-0.4, -0.2) is 33.0 Å². The highest BCUT2D eigenvalue weighted by Crippen LogP contribution is 2.45. The Kier molecular flexibility index (Phi) is 8.62. The molecule has 0 unspecified atom stereocenters. The van der Waals surface area contributed by atoms with Crippen LogP contribution >= 0.6 is 0 Å². The van der Waals surface area contributed by atoms with Gasteiger partial charge in [0.2, 0.25) is 5.75 Å². The molecule has 1 N–H and O–H groups in total. The SMILES string of the molecule is COc1cc(C(=O)CCCCc2ccccc2)c(NC(=O)c2ccccc2F)c(OC)c1OC. The Balaban J connectivity index is 1.88. The molecule has 0 spiro atoms. The van der Waals surface area contributed by atoms with Crippen LogP contribution in [0.4, 0.5) is 10.1 Å². The summed E-state index contributed by atoms with van der Waals surface area (Å²) in [5, 5.41) is 2.65. The van der Waals surface area contributed by atoms with Crippen molar-refractivity contribution in [3.8, 4) is 17.2 Å². The van der Waals surface area contributed by atoms with Crippen LogP contribution in [0.2, 0.25) is 0 Å². The van der Waals surface area contributed by atoms with E-state index < -0.39 is 11.7 Å². The third-order valence-corrected chi connectivity index (χ3v) is 5.45. The first kappa shape index (κ1) is 24.8. The molecule has 0 heterocycles. The van der Waals surface area contributed by atoms with Crippen LogP contribution < -0.4 is 19.5 Å². The van der Waals surface area contributed by atoms with Crippen molar-refractivity contribution in [2.75, 3.05) is 26.6 Å². The van der Waals surface area contributed by atoms with Gasteiger partial charge in [-0.05, 0) is 43.0 Å². The number of carbonyl (C=O) groups excluding carboxylic acids is 2. The molecule has 0 bridgehead atoms. The minimum Gasteiger partial charge on any atom is -0.493 e. The number of methoxy groups -OCH3 is 3. The van der Waals surface area contributed by atoms with E-state index in [0.717, 1.165) is 12.8 Å². The van der Waals surface area contributed by atoms with Crippen LogP contribution in [-0.2, 0) is 6.42 Å². The number of amides is 1. The zero-order valence-corrected chi connectivity index (χ0v) is 19.5. The second kappa shape index (κ2) is 11.8. The number of benzene rings is 3. The van der Waals surface area contributed by atoms with Crippen LogP contribution in [0, 0.1) is 5.82 Å². The zero-order valence-electron chi connectivity index (χ0n) is 19.5. The van der Waals surface area contributed by atoms with Crippen molar-refractivity contribution in [1.82, 2.24) is 0 Å². The topological polar surface area (TPSA) is 73.9 Å². The number of ketones is 1. The van der Waals surface area contributed by atoms with Crippen LogP contribution in [0.1, 0.15) is 45.5 Å². The van der Waals surface area contributed by atoms with E-state index in [1.54, 1.807) is 6.07 Å². The van der Waals surface area contributed by atoms with E-state index in [4.69, 9.17) is 14.2 Å². The Labute approximate surface area is 198 Å². The molecule has 0 aliphatic carbocycles. The van der Waals surface area contributed by atoms with Gasteiger partial charge in [-0.1, -0.05) is 42.5 Å². The molecule has 0 radical (unpaired) electrons. The first-order chi connectivity index (χ1) is 16.5. The first-order valence-corrected chi connectivity index (χ1v) is 11.0. The maximum Gasteiger partial charge on any atom is 0.258 e. The van der Waals surface area contributed by atoms with Crippen molar-refractivity contribution in [2.24, 2.45) is 0 Å². The number of aryl methyl sites for hydroxylation is 1. The summed E-state index contributed by atoms with van der Waals surface area (Å²) < 4.78 is 30.5. The van der Waals surface area contributed by atoms with E-state index >= 15 is 0 Å². The molecule has 0 atom stereocenters. The number of ether oxygens (including phenoxy) is 3. The predicted molar refractivity (Wildman–Crippen MR) is 129 cm³/mol. The highest BCUT2D eigenvalue weighted by molar-refractivity contribution is 6.11. The molecular weight excluding hydrogens is 437 g/mol. The third-order valence-electron chi connectivity index (χ3n) is 5.45. The molecule has 0 saturated heterocycles. The van der Waals surface area contributed by atoms with E-state index in [1.165, 1.54) is 51.2 Å². The lowest BCUT2D eigenvalue weighted by molar-refractivity contribution is 0.0979. The number of carbonyl (C=O) groups is 2. The van der Waals surface area contributed by atoms with Gasteiger partial charge in [0.05, 0.1) is 32.6 Å². The van der Waals surface area contributed by atoms with Gasteiger partial charge in [0.1, 0.15) is 5.82 Å². The average molecular weight is 466 g/mol. The Bertz CT molecular complexity index is 1150. The van der Waals surface area contributed by atoms with Crippen LogP contribution in [0.5, 0.6) is 17.2 Å². The zero-order chi connectivity index (χ0) is 24.5. The fourth-order valence-electron chi connectivity index (χ4n) is 3.72. The number of anilines is 1. The van der Waals surface area contributed by atoms with Crippen molar-refractivity contribution in [3.63, 3.8) is 0 Å². The second-order valence-corrected chi connectivity index (χ2v) is 7.62. The summed E-state index contributed by atoms with van der Waals surface area (Å²) >= 11 is 0. The van der Waals surface area contributed by atoms with Gasteiger partial charge < -0.3 is 19.5 Å². The summed E-state index contributed by atoms with van der Waals surface area (Å²) in [6.07, 6.45) is 2.61. The van der Waals surface area contributed by atoms with Crippen molar-refractivity contribution in [3.05, 3.63) is 83.2 Å². The molecule has 0 saturated carbocycles. The number of hydrogen-bond acceptors (Lipinski definition) is 5. The Morgan fingerprint density at radius 3 is 2.15 bits per heavy atom. The number of Topliss-reactive ketones (excluding diaryl/α,β-unsaturated/α-hetero) is 1. The third kappa shape index (κ3) is 5.73. The van der Waals surface area contributed by atoms with Crippen molar-refractivity contribution < 1.29 is 28.2 Å². The molecule has 0 aromatic heterocycles. The molecule has 3 aromatic carbocycles. The van der Waals surface area contributed by atoms with Gasteiger partial charge in [-0.2, -0.15) is 0 Å². The van der Waals surface area contributed by atoms with Crippen molar-refractivity contribution >= 4 is 17.4 Å². The summed E-state index contributed by atoms with van der Waals surface area (Å²) in [6, 6.07) is 17.2. The lowest BCUT2D eigenvalue weighted by Crippen LogP contribution is -2.18. The largest absolute Gasteiger partial charge is 0.493 e. The monoisotopic (exact) mass is 465 g/mol. The van der Waals surface area contributed by atoms with E-state index in [9.17, 15) is 14.0 Å². The smallest absolute Gasteiger partial charge is 0.258 e. The second-order valence-electron chi connectivity index (χ2n) is 7.62. The fourth-order valence-corrected chi connectivity index (χ4v) is 3.72. The van der Waals surface area contributed by atoms with Gasteiger partial charge in [-0.15, -0.1) is 0 Å². The van der Waals surface area contributed by atoms with Gasteiger partial charge in [0.15, 0.2) is 17.3 Å². The van der Waals surface area contributed by atoms with E-state index in [0.29, 0.717) is 6.42 Å². The summed E-state index contributed by atoms with van der Waals surface area (Å²) in [6.45, 7) is 0. The number of unbranched alkanes of at least 4 members (excludes halogenated alkanes) is 1. The molecule has 7 heteroatoms. The Hall–Kier alpha value is -3.87. The maximum atomic E-state index is 14.2. The molecule has 3 aromatic rings. The van der Waals surface area contributed by atoms with Crippen LogP contribution in [0.25, 0.3) is 0 Å². The number of hydrogen-bond donors (Lipinski definition) is 1. The summed E-state index contributed by atoms with van der Waals surface area (Å²) in [4.78, 5) is 26.1. The normalized spacial score (nSPS) is 10.5. The van der Waals surface area contributed by atoms with Gasteiger partial charge in [-0.3, -0.25) is 9.59 Å². The first-order valence-electron chi connectivity index (χ1n) is 11.0. The Morgan fingerprint density at radius 1 is 0.824 bits per heavy atom. The lowest BCUT2D eigenvalue weighted by Gasteiger charge is -2.20. The maximum absolute atomic E-state index is 14.2. The van der Waals surface area contributed by atoms with Gasteiger partial charge in [-0.25, -0.2) is 4.39 Å². The van der Waals surface area contributed by atoms with Crippen LogP contribution in [0.15, 0.2) is 60.7 Å². The van der Waals surface area contributed by atoms with Gasteiger partial charge in [0.25, 0.3) is 5.91 Å². The molecule has 6 nitrogen and oxygen atoms in total. The summed E-state index contributed by atoms with van der Waals surface area (Å²) in [7, 11) is 4.26. The fraction of sp³-hybridized carbons (Fsp3) is 0.259. The molecule has 0 fully saturated rings. The Morgan fingerprint density at radius 2 is 1.50 bits per heavy atom. The summed E-state index contributed by atoms with van der Waals surface area (Å²) in [5.74, 6) is -0.948. The van der Waals surface area contributed by atoms with E-state index in [1.807, 2.05) is 18.2 Å². The average Bonchev–Trinajstić information content (AvgIpc) is 2.86. The molecule has 1 amide bonds. The number of rotatable bonds is 11. The molecule has 0 aliphatic heterocycles. The molecule has 34 heavy (non-hydrogen) atoms. The molecule has 178 valence electrons. The number of nitrogens with one attached hydrogen (secondary N) is 1. The van der Waals surface area contributed by atoms with E-state index in [2.05, 4.69) is 17.4 Å². The van der Waals surface area contributed by atoms with Crippen LogP contribution in [0.3, 0.4) is 0 Å². The molecule has 0 aliphatic rings. The number of halogens is 1. The summed E-state index contributed by atoms with van der Waals surface area (Å²) in [5.41, 5.74) is 1.38. The van der Waals surface area contributed by atoms with Crippen molar-refractivity contribution in [1.29, 1.82) is 0 Å². The molecular formula is C27H28FNO5. The highest BCUT2D eigenvalue weighted by atomic mass is 19.1. The standard InChI is InChI=1S/C27H28FNO5/c1-32-23-17-20(22(30)16-10-7-13-18-11-5-4-6-12-18)24(26(34-3)25(23)33-2)29-27(31)19-14-8-9-15-21(19)28/h4-6,8-9,11-12,14-15,17H,7,10,13,16H2,1-3H3,(H,29,31). The quantitative estimate of drug-likeness (QED) is 0.290. The van der Waals surface area contributed by atoms with Crippen molar-refractivity contribution in [2.45, 2.75) is 25.7 Å².